The quantitative estimate of drug-likeness (QED) is 0.180. The molecule has 0 bridgehead atoms. The van der Waals surface area contributed by atoms with Crippen LogP contribution in [0.5, 0.6) is 0 Å². The second-order valence-electron chi connectivity index (χ2n) is 12.3. The summed E-state index contributed by atoms with van der Waals surface area (Å²) in [5, 5.41) is 5.12. The molecule has 0 radical (unpaired) electrons. The number of imidazole rings is 1. The lowest BCUT2D eigenvalue weighted by atomic mass is 9.84. The first-order valence-electron chi connectivity index (χ1n) is 16.4. The van der Waals surface area contributed by atoms with Crippen molar-refractivity contribution >= 4 is 43.7 Å². The Morgan fingerprint density at radius 3 is 1.62 bits per heavy atom. The number of rotatable bonds is 5. The first-order valence-corrected chi connectivity index (χ1v) is 16.4. The summed E-state index contributed by atoms with van der Waals surface area (Å²) in [6.45, 7) is 0. The summed E-state index contributed by atoms with van der Waals surface area (Å²) in [5.74, 6) is 1.02. The van der Waals surface area contributed by atoms with Crippen LogP contribution in [-0.2, 0) is 0 Å². The fraction of sp³-hybridized carbons (Fsp3) is 0.0444. The Hall–Kier alpha value is -5.99. The number of para-hydroxylation sites is 3. The van der Waals surface area contributed by atoms with Gasteiger partial charge < -0.3 is 0 Å². The van der Waals surface area contributed by atoms with E-state index in [2.05, 4.69) is 174 Å². The van der Waals surface area contributed by atoms with Crippen molar-refractivity contribution in [2.45, 2.75) is 12.8 Å². The van der Waals surface area contributed by atoms with Gasteiger partial charge in [-0.2, -0.15) is 0 Å². The molecule has 0 amide bonds. The molecular weight excluding hydrogens is 569 g/mol. The normalized spacial score (nSPS) is 13.2. The Labute approximate surface area is 274 Å². The van der Waals surface area contributed by atoms with Crippen molar-refractivity contribution in [3.8, 4) is 27.9 Å². The summed E-state index contributed by atoms with van der Waals surface area (Å²) in [7, 11) is 0. The summed E-state index contributed by atoms with van der Waals surface area (Å²) in [6, 6.07) is 56.7. The van der Waals surface area contributed by atoms with Crippen molar-refractivity contribution in [2.75, 3.05) is 0 Å². The minimum Gasteiger partial charge on any atom is -0.293 e. The number of hydrogen-bond donors (Lipinski definition) is 0. The van der Waals surface area contributed by atoms with Crippen molar-refractivity contribution < 1.29 is 0 Å². The second-order valence-corrected chi connectivity index (χ2v) is 12.3. The summed E-state index contributed by atoms with van der Waals surface area (Å²) in [6.07, 6.45) is 6.49. The smallest absolute Gasteiger partial charge is 0.141 e. The van der Waals surface area contributed by atoms with Crippen LogP contribution >= 0.6 is 0 Å². The van der Waals surface area contributed by atoms with E-state index in [1.54, 1.807) is 0 Å². The van der Waals surface area contributed by atoms with E-state index in [1.165, 1.54) is 60.5 Å². The van der Waals surface area contributed by atoms with Gasteiger partial charge in [0.05, 0.1) is 11.0 Å². The van der Waals surface area contributed by atoms with E-state index in [9.17, 15) is 0 Å². The van der Waals surface area contributed by atoms with E-state index in [4.69, 9.17) is 4.98 Å². The molecule has 8 aromatic rings. The third-order valence-corrected chi connectivity index (χ3v) is 9.53. The molecule has 222 valence electrons. The monoisotopic (exact) mass is 600 g/mol. The van der Waals surface area contributed by atoms with Crippen LogP contribution in [0.1, 0.15) is 24.2 Å². The Morgan fingerprint density at radius 1 is 0.426 bits per heavy atom. The first kappa shape index (κ1) is 27.3. The largest absolute Gasteiger partial charge is 0.293 e. The molecule has 0 spiro atoms. The highest BCUT2D eigenvalue weighted by Gasteiger charge is 2.21. The van der Waals surface area contributed by atoms with Gasteiger partial charge in [0.2, 0.25) is 0 Å². The maximum Gasteiger partial charge on any atom is 0.141 e. The summed E-state index contributed by atoms with van der Waals surface area (Å²) in [4.78, 5) is 5.13. The molecule has 0 saturated heterocycles. The van der Waals surface area contributed by atoms with E-state index < -0.39 is 0 Å². The highest BCUT2D eigenvalue weighted by atomic mass is 15.1. The van der Waals surface area contributed by atoms with Crippen LogP contribution < -0.4 is 0 Å². The molecule has 0 aliphatic heterocycles. The Balaban J connectivity index is 1.22. The van der Waals surface area contributed by atoms with Gasteiger partial charge in [0, 0.05) is 5.69 Å². The molecule has 0 N–H and O–H groups in total. The molecule has 0 fully saturated rings. The van der Waals surface area contributed by atoms with E-state index in [0.717, 1.165) is 35.4 Å². The van der Waals surface area contributed by atoms with Gasteiger partial charge in [0.15, 0.2) is 0 Å². The molecule has 0 atom stereocenters. The number of hydrogen-bond acceptors (Lipinski definition) is 1. The van der Waals surface area contributed by atoms with Crippen LogP contribution in [0.4, 0.5) is 0 Å². The summed E-state index contributed by atoms with van der Waals surface area (Å²) < 4.78 is 2.30. The van der Waals surface area contributed by atoms with Crippen LogP contribution in [-0.4, -0.2) is 9.55 Å². The standard InChI is InChI=1S/C45H32N2/c1-4-14-32(15-5-1)43-37-20-10-11-21-38(37)44(33-16-6-2-7-17-33)40-30-35(28-29-39(40)43)31-24-26-34(27-25-31)45-46-41-22-12-13-23-42(41)47(45)36-18-8-3-9-19-36/h1-24,26,28-30H,25,27H2. The number of fused-ring (bicyclic) bond motifs is 3. The predicted molar refractivity (Wildman–Crippen MR) is 199 cm³/mol. The van der Waals surface area contributed by atoms with Gasteiger partial charge in [-0.1, -0.05) is 140 Å². The molecule has 0 unspecified atom stereocenters. The van der Waals surface area contributed by atoms with E-state index in [1.807, 2.05) is 0 Å². The summed E-state index contributed by atoms with van der Waals surface area (Å²) in [5.41, 5.74) is 12.2. The van der Waals surface area contributed by atoms with E-state index in [0.29, 0.717) is 0 Å². The average Bonchev–Trinajstić information content (AvgIpc) is 3.54. The highest BCUT2D eigenvalue weighted by molar-refractivity contribution is 6.21. The minimum atomic E-state index is 0.929. The fourth-order valence-electron chi connectivity index (χ4n) is 7.35. The molecule has 1 heterocycles. The van der Waals surface area contributed by atoms with Crippen LogP contribution in [0.2, 0.25) is 0 Å². The van der Waals surface area contributed by atoms with Crippen molar-refractivity contribution in [1.29, 1.82) is 0 Å². The fourth-order valence-corrected chi connectivity index (χ4v) is 7.35. The van der Waals surface area contributed by atoms with Crippen molar-refractivity contribution in [3.63, 3.8) is 0 Å². The molecule has 2 nitrogen and oxygen atoms in total. The zero-order valence-corrected chi connectivity index (χ0v) is 26.0. The molecule has 1 aromatic heterocycles. The first-order chi connectivity index (χ1) is 23.3. The lowest BCUT2D eigenvalue weighted by molar-refractivity contribution is 0.990. The van der Waals surface area contributed by atoms with Crippen LogP contribution in [0.3, 0.4) is 0 Å². The second kappa shape index (κ2) is 11.4. The average molecular weight is 601 g/mol. The predicted octanol–water partition coefficient (Wildman–Crippen LogP) is 11.9. The zero-order valence-electron chi connectivity index (χ0n) is 26.0. The van der Waals surface area contributed by atoms with E-state index in [-0.39, 0.29) is 0 Å². The summed E-state index contributed by atoms with van der Waals surface area (Å²) >= 11 is 0. The molecule has 1 aliphatic carbocycles. The Bertz CT molecular complexity index is 2480. The lowest BCUT2D eigenvalue weighted by Crippen LogP contribution is -2.03. The minimum absolute atomic E-state index is 0.929. The van der Waals surface area contributed by atoms with Gasteiger partial charge >= 0.3 is 0 Å². The highest BCUT2D eigenvalue weighted by Crippen LogP contribution is 2.45. The van der Waals surface area contributed by atoms with Crippen molar-refractivity contribution in [2.24, 2.45) is 0 Å². The molecule has 9 rings (SSSR count). The van der Waals surface area contributed by atoms with Gasteiger partial charge in [0.1, 0.15) is 5.82 Å². The van der Waals surface area contributed by atoms with Gasteiger partial charge in [-0.05, 0) is 104 Å². The maximum atomic E-state index is 5.13. The van der Waals surface area contributed by atoms with Crippen molar-refractivity contribution in [1.82, 2.24) is 9.55 Å². The van der Waals surface area contributed by atoms with Gasteiger partial charge in [-0.15, -0.1) is 0 Å². The molecular formula is C45H32N2. The number of nitrogens with zero attached hydrogens (tertiary/aromatic N) is 2. The van der Waals surface area contributed by atoms with Crippen molar-refractivity contribution in [3.05, 3.63) is 181 Å². The topological polar surface area (TPSA) is 17.8 Å². The van der Waals surface area contributed by atoms with Gasteiger partial charge in [0.25, 0.3) is 0 Å². The zero-order chi connectivity index (χ0) is 31.2. The Morgan fingerprint density at radius 2 is 0.957 bits per heavy atom. The molecule has 1 aliphatic rings. The number of allylic oxidation sites excluding steroid dienone is 4. The Kier molecular flexibility index (Phi) is 6.64. The van der Waals surface area contributed by atoms with Crippen LogP contribution in [0.25, 0.3) is 71.7 Å². The lowest BCUT2D eigenvalue weighted by Gasteiger charge is -2.20. The third-order valence-electron chi connectivity index (χ3n) is 9.53. The SMILES string of the molecule is C1=C(c2ccc3c(-c4ccccc4)c4ccccc4c(-c4ccccc4)c3c2)CCC(c2nc3ccccc3n2-c2ccccc2)=C1. The van der Waals surface area contributed by atoms with Crippen LogP contribution in [0, 0.1) is 0 Å². The van der Waals surface area contributed by atoms with Gasteiger partial charge in [-0.3, -0.25) is 4.57 Å². The number of aromatic nitrogens is 2. The third kappa shape index (κ3) is 4.69. The van der Waals surface area contributed by atoms with E-state index >= 15 is 0 Å². The molecule has 7 aromatic carbocycles. The maximum absolute atomic E-state index is 5.13. The molecule has 0 saturated carbocycles. The van der Waals surface area contributed by atoms with Crippen LogP contribution in [0.15, 0.2) is 170 Å². The molecule has 2 heteroatoms. The molecule has 47 heavy (non-hydrogen) atoms. The number of benzene rings is 7. The van der Waals surface area contributed by atoms with Gasteiger partial charge in [-0.25, -0.2) is 4.98 Å².